The summed E-state index contributed by atoms with van der Waals surface area (Å²) in [6.45, 7) is -0.405. The lowest BCUT2D eigenvalue weighted by Gasteiger charge is -2.16. The predicted octanol–water partition coefficient (Wildman–Crippen LogP) is 0.784. The number of amides is 1. The number of hydrogen-bond acceptors (Lipinski definition) is 3. The van der Waals surface area contributed by atoms with Gasteiger partial charge in [-0.2, -0.15) is 0 Å². The lowest BCUT2D eigenvalue weighted by Crippen LogP contribution is -2.37. The van der Waals surface area contributed by atoms with Crippen LogP contribution in [-0.4, -0.2) is 41.5 Å². The first-order valence-corrected chi connectivity index (χ1v) is 5.44. The van der Waals surface area contributed by atoms with Crippen molar-refractivity contribution >= 4 is 17.6 Å². The zero-order valence-electron chi connectivity index (χ0n) is 10.1. The highest BCUT2D eigenvalue weighted by atomic mass is 19.1. The molecule has 0 aliphatic heterocycles. The number of aliphatic carboxylic acids is 1. The van der Waals surface area contributed by atoms with E-state index in [0.717, 1.165) is 0 Å². The van der Waals surface area contributed by atoms with E-state index >= 15 is 0 Å². The number of anilines is 1. The largest absolute Gasteiger partial charge is 0.480 e. The van der Waals surface area contributed by atoms with Gasteiger partial charge < -0.3 is 10.4 Å². The average Bonchev–Trinajstić information content (AvgIpc) is 2.31. The van der Waals surface area contributed by atoms with Crippen LogP contribution in [0.15, 0.2) is 24.3 Å². The van der Waals surface area contributed by atoms with Crippen LogP contribution in [-0.2, 0) is 9.59 Å². The Morgan fingerprint density at radius 3 is 2.47 bits per heavy atom. The maximum Gasteiger partial charge on any atom is 0.317 e. The molecule has 0 unspecified atom stereocenters. The van der Waals surface area contributed by atoms with Crippen molar-refractivity contribution in [2.75, 3.05) is 25.0 Å². The number of carbonyl (C=O) groups is 2. The van der Waals surface area contributed by atoms with Crippen LogP contribution in [0.3, 0.4) is 0 Å². The number of rotatable bonds is 6. The Balaban J connectivity index is 2.55. The molecule has 1 aromatic carbocycles. The quantitative estimate of drug-likeness (QED) is 0.745. The molecule has 0 bridgehead atoms. The second-order valence-corrected chi connectivity index (χ2v) is 3.80. The van der Waals surface area contributed by atoms with E-state index in [2.05, 4.69) is 11.2 Å². The molecule has 1 aromatic rings. The second-order valence-electron chi connectivity index (χ2n) is 3.80. The van der Waals surface area contributed by atoms with E-state index in [-0.39, 0.29) is 19.6 Å². The van der Waals surface area contributed by atoms with Gasteiger partial charge in [0.2, 0.25) is 5.91 Å². The standard InChI is InChI=1S/C13H13FN2O3/c1-2-7-16(9-13(18)19)8-12(17)15-11-5-3-10(14)4-6-11/h1,3-6H,7-9H2,(H,15,17)(H,18,19). The van der Waals surface area contributed by atoms with Crippen molar-refractivity contribution in [3.8, 4) is 12.3 Å². The zero-order chi connectivity index (χ0) is 14.3. The minimum atomic E-state index is -1.06. The first-order chi connectivity index (χ1) is 9.01. The average molecular weight is 264 g/mol. The SMILES string of the molecule is C#CCN(CC(=O)O)CC(=O)Nc1ccc(F)cc1. The van der Waals surface area contributed by atoms with E-state index in [1.807, 2.05) is 0 Å². The third-order valence-corrected chi connectivity index (χ3v) is 2.17. The lowest BCUT2D eigenvalue weighted by atomic mass is 10.3. The molecule has 2 N–H and O–H groups in total. The molecular formula is C13H13FN2O3. The Hall–Kier alpha value is -2.39. The Morgan fingerprint density at radius 2 is 1.95 bits per heavy atom. The molecule has 0 aromatic heterocycles. The van der Waals surface area contributed by atoms with Crippen molar-refractivity contribution < 1.29 is 19.1 Å². The second kappa shape index (κ2) is 7.13. The van der Waals surface area contributed by atoms with Gasteiger partial charge in [-0.05, 0) is 24.3 Å². The number of carboxylic acid groups (broad SMARTS) is 1. The molecule has 0 radical (unpaired) electrons. The summed E-state index contributed by atoms with van der Waals surface area (Å²) in [5, 5.41) is 11.2. The predicted molar refractivity (Wildman–Crippen MR) is 67.9 cm³/mol. The first-order valence-electron chi connectivity index (χ1n) is 5.44. The third kappa shape index (κ3) is 5.66. The third-order valence-electron chi connectivity index (χ3n) is 2.17. The van der Waals surface area contributed by atoms with Gasteiger partial charge >= 0.3 is 5.97 Å². The molecule has 19 heavy (non-hydrogen) atoms. The van der Waals surface area contributed by atoms with Crippen LogP contribution in [0.25, 0.3) is 0 Å². The summed E-state index contributed by atoms with van der Waals surface area (Å²) in [5.74, 6) is 0.399. The van der Waals surface area contributed by atoms with Gasteiger partial charge in [0, 0.05) is 5.69 Å². The molecule has 1 rings (SSSR count). The van der Waals surface area contributed by atoms with Crippen molar-refractivity contribution in [2.24, 2.45) is 0 Å². The van der Waals surface area contributed by atoms with Crippen molar-refractivity contribution in [2.45, 2.75) is 0 Å². The molecule has 0 saturated heterocycles. The summed E-state index contributed by atoms with van der Waals surface area (Å²) in [4.78, 5) is 23.5. The van der Waals surface area contributed by atoms with Gasteiger partial charge in [0.05, 0.1) is 19.6 Å². The molecule has 0 fully saturated rings. The number of hydrogen-bond donors (Lipinski definition) is 2. The summed E-state index contributed by atoms with van der Waals surface area (Å²) in [5.41, 5.74) is 0.433. The van der Waals surface area contributed by atoms with E-state index in [9.17, 15) is 14.0 Å². The van der Waals surface area contributed by atoms with Crippen LogP contribution >= 0.6 is 0 Å². The van der Waals surface area contributed by atoms with E-state index in [0.29, 0.717) is 5.69 Å². The molecule has 0 aliphatic rings. The van der Waals surface area contributed by atoms with Crippen LogP contribution in [0.4, 0.5) is 10.1 Å². The Morgan fingerprint density at radius 1 is 1.32 bits per heavy atom. The maximum absolute atomic E-state index is 12.7. The van der Waals surface area contributed by atoms with Crippen LogP contribution in [0.2, 0.25) is 0 Å². The van der Waals surface area contributed by atoms with Gasteiger partial charge in [0.25, 0.3) is 0 Å². The van der Waals surface area contributed by atoms with E-state index < -0.39 is 17.7 Å². The summed E-state index contributed by atoms with van der Waals surface area (Å²) in [7, 11) is 0. The van der Waals surface area contributed by atoms with Crippen LogP contribution in [0.5, 0.6) is 0 Å². The molecule has 6 heteroatoms. The highest BCUT2D eigenvalue weighted by Crippen LogP contribution is 2.08. The van der Waals surface area contributed by atoms with Crippen molar-refractivity contribution in [1.29, 1.82) is 0 Å². The molecule has 1 amide bonds. The fraction of sp³-hybridized carbons (Fsp3) is 0.231. The maximum atomic E-state index is 12.7. The smallest absolute Gasteiger partial charge is 0.317 e. The van der Waals surface area contributed by atoms with Gasteiger partial charge in [-0.25, -0.2) is 4.39 Å². The minimum absolute atomic E-state index is 0.0587. The van der Waals surface area contributed by atoms with E-state index in [1.54, 1.807) is 0 Å². The van der Waals surface area contributed by atoms with Crippen LogP contribution in [0, 0.1) is 18.2 Å². The number of nitrogens with zero attached hydrogens (tertiary/aromatic N) is 1. The Bertz CT molecular complexity index is 494. The molecule has 100 valence electrons. The summed E-state index contributed by atoms with van der Waals surface area (Å²) < 4.78 is 12.7. The van der Waals surface area contributed by atoms with Gasteiger partial charge in [0.15, 0.2) is 0 Å². The fourth-order valence-electron chi connectivity index (χ4n) is 1.42. The molecule has 0 saturated carbocycles. The van der Waals surface area contributed by atoms with Gasteiger partial charge in [-0.15, -0.1) is 6.42 Å². The number of carboxylic acids is 1. The lowest BCUT2D eigenvalue weighted by molar-refractivity contribution is -0.138. The van der Waals surface area contributed by atoms with Crippen LogP contribution in [0.1, 0.15) is 0 Å². The topological polar surface area (TPSA) is 69.6 Å². The van der Waals surface area contributed by atoms with Crippen molar-refractivity contribution in [1.82, 2.24) is 4.90 Å². The van der Waals surface area contributed by atoms with Gasteiger partial charge in [0.1, 0.15) is 5.82 Å². The van der Waals surface area contributed by atoms with Gasteiger partial charge in [-0.3, -0.25) is 14.5 Å². The highest BCUT2D eigenvalue weighted by Gasteiger charge is 2.13. The summed E-state index contributed by atoms with van der Waals surface area (Å²) in [6.07, 6.45) is 5.09. The van der Waals surface area contributed by atoms with Crippen molar-refractivity contribution in [3.05, 3.63) is 30.1 Å². The molecular weight excluding hydrogens is 251 g/mol. The molecule has 0 atom stereocenters. The minimum Gasteiger partial charge on any atom is -0.480 e. The Kier molecular flexibility index (Phi) is 5.51. The molecule has 0 heterocycles. The fourth-order valence-corrected chi connectivity index (χ4v) is 1.42. The monoisotopic (exact) mass is 264 g/mol. The zero-order valence-corrected chi connectivity index (χ0v) is 10.1. The first kappa shape index (κ1) is 14.7. The molecule has 5 nitrogen and oxygen atoms in total. The number of nitrogens with one attached hydrogen (secondary N) is 1. The van der Waals surface area contributed by atoms with E-state index in [4.69, 9.17) is 11.5 Å². The normalized spacial score (nSPS) is 9.95. The number of carbonyl (C=O) groups excluding carboxylic acids is 1. The van der Waals surface area contributed by atoms with E-state index in [1.165, 1.54) is 29.2 Å². The molecule has 0 spiro atoms. The number of benzene rings is 1. The number of terminal acetylenes is 1. The van der Waals surface area contributed by atoms with Gasteiger partial charge in [-0.1, -0.05) is 5.92 Å². The van der Waals surface area contributed by atoms with Crippen LogP contribution < -0.4 is 5.32 Å². The number of halogens is 1. The summed E-state index contributed by atoms with van der Waals surface area (Å²) in [6, 6.07) is 5.25. The highest BCUT2D eigenvalue weighted by molar-refractivity contribution is 5.92. The van der Waals surface area contributed by atoms with Crippen molar-refractivity contribution in [3.63, 3.8) is 0 Å². The molecule has 0 aliphatic carbocycles. The Labute approximate surface area is 110 Å². The summed E-state index contributed by atoms with van der Waals surface area (Å²) >= 11 is 0.